The summed E-state index contributed by atoms with van der Waals surface area (Å²) in [5, 5.41) is 12.2. The monoisotopic (exact) mass is 554 g/mol. The summed E-state index contributed by atoms with van der Waals surface area (Å²) in [7, 11) is -2.76. The summed E-state index contributed by atoms with van der Waals surface area (Å²) in [6.45, 7) is 3.88. The van der Waals surface area contributed by atoms with E-state index in [1.807, 2.05) is 32.0 Å². The fourth-order valence-electron chi connectivity index (χ4n) is 3.10. The van der Waals surface area contributed by atoms with E-state index < -0.39 is 16.0 Å². The van der Waals surface area contributed by atoms with Gasteiger partial charge in [0.25, 0.3) is 5.91 Å². The van der Waals surface area contributed by atoms with Crippen LogP contribution < -0.4 is 14.2 Å². The van der Waals surface area contributed by atoms with Crippen molar-refractivity contribution in [3.8, 4) is 17.6 Å². The van der Waals surface area contributed by atoms with E-state index in [1.165, 1.54) is 37.5 Å². The number of nitrogens with one attached hydrogen (secondary N) is 1. The van der Waals surface area contributed by atoms with Crippen LogP contribution in [0.5, 0.6) is 11.5 Å². The Morgan fingerprint density at radius 2 is 1.77 bits per heavy atom. The highest BCUT2D eigenvalue weighted by molar-refractivity contribution is 9.10. The van der Waals surface area contributed by atoms with E-state index in [0.29, 0.717) is 11.3 Å². The molecule has 0 saturated carbocycles. The predicted molar refractivity (Wildman–Crippen MR) is 138 cm³/mol. The van der Waals surface area contributed by atoms with Crippen LogP contribution >= 0.6 is 15.9 Å². The van der Waals surface area contributed by atoms with Crippen molar-refractivity contribution in [1.29, 1.82) is 5.26 Å². The topological polar surface area (TPSA) is 105 Å². The number of hydrogen-bond acceptors (Lipinski definition) is 6. The Kier molecular flexibility index (Phi) is 8.33. The van der Waals surface area contributed by atoms with Crippen molar-refractivity contribution >= 4 is 43.7 Å². The number of benzene rings is 3. The molecule has 0 aliphatic rings. The Labute approximate surface area is 213 Å². The summed E-state index contributed by atoms with van der Waals surface area (Å²) < 4.78 is 36.4. The molecule has 0 spiro atoms. The van der Waals surface area contributed by atoms with Gasteiger partial charge in [-0.2, -0.15) is 13.7 Å². The molecule has 0 heterocycles. The number of rotatable bonds is 8. The third kappa shape index (κ3) is 6.50. The maximum atomic E-state index is 12.7. The fourth-order valence-corrected chi connectivity index (χ4v) is 4.71. The van der Waals surface area contributed by atoms with Crippen molar-refractivity contribution in [2.24, 2.45) is 0 Å². The average Bonchev–Trinajstić information content (AvgIpc) is 2.84. The first-order chi connectivity index (χ1) is 16.7. The summed E-state index contributed by atoms with van der Waals surface area (Å²) in [4.78, 5) is 12.6. The lowest BCUT2D eigenvalue weighted by atomic mass is 10.1. The van der Waals surface area contributed by atoms with Crippen LogP contribution in [0.4, 0.5) is 5.69 Å². The molecule has 0 fully saturated rings. The van der Waals surface area contributed by atoms with Gasteiger partial charge in [-0.15, -0.1) is 0 Å². The van der Waals surface area contributed by atoms with Gasteiger partial charge in [0.05, 0.1) is 11.6 Å². The number of anilines is 1. The van der Waals surface area contributed by atoms with E-state index in [-0.39, 0.29) is 26.4 Å². The summed E-state index contributed by atoms with van der Waals surface area (Å²) in [5.74, 6) is -0.521. The molecule has 35 heavy (non-hydrogen) atoms. The molecular formula is C26H23BrN2O5S. The number of methoxy groups -OCH3 is 1. The Morgan fingerprint density at radius 1 is 1.11 bits per heavy atom. The molecule has 3 aromatic rings. The first-order valence-corrected chi connectivity index (χ1v) is 12.8. The number of hydrogen-bond donors (Lipinski definition) is 1. The molecule has 3 rings (SSSR count). The Morgan fingerprint density at radius 3 is 2.34 bits per heavy atom. The first kappa shape index (κ1) is 26.0. The van der Waals surface area contributed by atoms with Crippen LogP contribution in [0.3, 0.4) is 0 Å². The van der Waals surface area contributed by atoms with Gasteiger partial charge in [0.2, 0.25) is 0 Å². The number of aryl methyl sites for hydroxylation is 2. The van der Waals surface area contributed by atoms with Gasteiger partial charge in [-0.25, -0.2) is 0 Å². The van der Waals surface area contributed by atoms with Crippen molar-refractivity contribution in [2.45, 2.75) is 25.2 Å². The minimum atomic E-state index is -4.12. The second-order valence-electron chi connectivity index (χ2n) is 7.56. The largest absolute Gasteiger partial charge is 0.493 e. The van der Waals surface area contributed by atoms with Crippen LogP contribution in [-0.2, 0) is 21.3 Å². The molecule has 0 aliphatic carbocycles. The molecule has 0 unspecified atom stereocenters. The predicted octanol–water partition coefficient (Wildman–Crippen LogP) is 5.64. The van der Waals surface area contributed by atoms with E-state index >= 15 is 0 Å². The third-order valence-electron chi connectivity index (χ3n) is 5.05. The molecule has 0 saturated heterocycles. The van der Waals surface area contributed by atoms with Crippen LogP contribution in [0.2, 0.25) is 0 Å². The van der Waals surface area contributed by atoms with Crippen molar-refractivity contribution in [3.05, 3.63) is 87.4 Å². The van der Waals surface area contributed by atoms with Gasteiger partial charge in [0.15, 0.2) is 11.5 Å². The molecule has 0 bridgehead atoms. The normalized spacial score (nSPS) is 11.5. The van der Waals surface area contributed by atoms with Gasteiger partial charge in [0.1, 0.15) is 16.5 Å². The minimum Gasteiger partial charge on any atom is -0.493 e. The van der Waals surface area contributed by atoms with Crippen molar-refractivity contribution in [2.75, 3.05) is 12.4 Å². The number of halogens is 1. The van der Waals surface area contributed by atoms with Gasteiger partial charge in [-0.1, -0.05) is 36.8 Å². The van der Waals surface area contributed by atoms with Gasteiger partial charge < -0.3 is 14.2 Å². The van der Waals surface area contributed by atoms with Crippen LogP contribution in [0, 0.1) is 18.3 Å². The highest BCUT2D eigenvalue weighted by Crippen LogP contribution is 2.39. The van der Waals surface area contributed by atoms with Crippen molar-refractivity contribution < 1.29 is 22.1 Å². The van der Waals surface area contributed by atoms with Crippen LogP contribution in [0.25, 0.3) is 6.08 Å². The number of carbonyl (C=O) groups excluding carboxylic acids is 1. The van der Waals surface area contributed by atoms with Gasteiger partial charge in [0, 0.05) is 5.69 Å². The highest BCUT2D eigenvalue weighted by atomic mass is 79.9. The smallest absolute Gasteiger partial charge is 0.339 e. The van der Waals surface area contributed by atoms with Crippen LogP contribution in [-0.4, -0.2) is 21.4 Å². The number of ether oxygens (including phenoxy) is 1. The number of amides is 1. The summed E-state index contributed by atoms with van der Waals surface area (Å²) in [6.07, 6.45) is 2.25. The second kappa shape index (κ2) is 11.2. The van der Waals surface area contributed by atoms with E-state index in [1.54, 1.807) is 24.3 Å². The van der Waals surface area contributed by atoms with E-state index in [0.717, 1.165) is 17.5 Å². The molecule has 0 atom stereocenters. The van der Waals surface area contributed by atoms with Gasteiger partial charge in [-0.3, -0.25) is 4.79 Å². The molecule has 9 heteroatoms. The average molecular weight is 555 g/mol. The van der Waals surface area contributed by atoms with E-state index in [4.69, 9.17) is 8.92 Å². The Balaban J connectivity index is 1.88. The number of nitriles is 1. The molecule has 7 nitrogen and oxygen atoms in total. The summed E-state index contributed by atoms with van der Waals surface area (Å²) in [6, 6.07) is 18.5. The maximum absolute atomic E-state index is 12.7. The molecule has 3 aromatic carbocycles. The fraction of sp³-hybridized carbons (Fsp3) is 0.154. The summed E-state index contributed by atoms with van der Waals surface area (Å²) >= 11 is 3.31. The third-order valence-corrected chi connectivity index (χ3v) is 6.88. The molecule has 180 valence electrons. The lowest BCUT2D eigenvalue weighted by molar-refractivity contribution is -0.112. The second-order valence-corrected chi connectivity index (χ2v) is 9.96. The zero-order valence-electron chi connectivity index (χ0n) is 19.3. The lowest BCUT2D eigenvalue weighted by Crippen LogP contribution is -2.13. The standard InChI is InChI=1S/C26H23BrN2O5S/c1-4-18-7-9-21(10-8-18)29-26(30)20(16-28)13-19-14-23(27)25(24(15-19)33-3)34-35(31,32)22-11-5-17(2)6-12-22/h5-15H,4H2,1-3H3,(H,29,30)/b20-13+. The lowest BCUT2D eigenvalue weighted by Gasteiger charge is -2.14. The molecular weight excluding hydrogens is 532 g/mol. The molecule has 0 radical (unpaired) electrons. The number of carbonyl (C=O) groups is 1. The SMILES string of the molecule is CCc1ccc(NC(=O)/C(C#N)=C/c2cc(Br)c(OS(=O)(=O)c3ccc(C)cc3)c(OC)c2)cc1. The Hall–Kier alpha value is -3.61. The molecule has 1 N–H and O–H groups in total. The maximum Gasteiger partial charge on any atom is 0.339 e. The zero-order chi connectivity index (χ0) is 25.6. The number of nitrogens with zero attached hydrogens (tertiary/aromatic N) is 1. The first-order valence-electron chi connectivity index (χ1n) is 10.6. The molecule has 1 amide bonds. The van der Waals surface area contributed by atoms with Gasteiger partial charge >= 0.3 is 10.1 Å². The molecule has 0 aliphatic heterocycles. The molecule has 0 aromatic heterocycles. The quantitative estimate of drug-likeness (QED) is 0.219. The highest BCUT2D eigenvalue weighted by Gasteiger charge is 2.22. The zero-order valence-corrected chi connectivity index (χ0v) is 21.7. The van der Waals surface area contributed by atoms with Crippen molar-refractivity contribution in [3.63, 3.8) is 0 Å². The minimum absolute atomic E-state index is 0.00330. The van der Waals surface area contributed by atoms with E-state index in [9.17, 15) is 18.5 Å². The summed E-state index contributed by atoms with van der Waals surface area (Å²) in [5.41, 5.74) is 2.90. The van der Waals surface area contributed by atoms with Gasteiger partial charge in [-0.05, 0) is 82.9 Å². The van der Waals surface area contributed by atoms with E-state index in [2.05, 4.69) is 21.2 Å². The van der Waals surface area contributed by atoms with Crippen LogP contribution in [0.1, 0.15) is 23.6 Å². The van der Waals surface area contributed by atoms with Crippen molar-refractivity contribution in [1.82, 2.24) is 0 Å². The Bertz CT molecular complexity index is 1410. The van der Waals surface area contributed by atoms with Crippen LogP contribution in [0.15, 0.2) is 75.6 Å².